The number of carbonyl (C=O) groups is 1. The van der Waals surface area contributed by atoms with Crippen molar-refractivity contribution in [2.24, 2.45) is 0 Å². The van der Waals surface area contributed by atoms with Crippen molar-refractivity contribution in [1.29, 1.82) is 0 Å². The molecule has 1 amide bonds. The van der Waals surface area contributed by atoms with Gasteiger partial charge in [0.2, 0.25) is 5.91 Å². The molecule has 0 aliphatic rings. The number of anilines is 1. The number of halogens is 3. The number of pyridine rings is 1. The molecule has 0 saturated carbocycles. The third-order valence-electron chi connectivity index (χ3n) is 3.55. The molecule has 1 N–H and O–H groups in total. The second-order valence-electron chi connectivity index (χ2n) is 5.63. The number of hydrogen-bond donors (Lipinski definition) is 1. The predicted octanol–water partition coefficient (Wildman–Crippen LogP) is 5.62. The van der Waals surface area contributed by atoms with Gasteiger partial charge in [-0.05, 0) is 36.4 Å². The smallest absolute Gasteiger partial charge is 0.417 e. The number of carbonyl (C=O) groups excluding carboxylic acids is 1. The first-order chi connectivity index (χ1) is 13.4. The standard InChI is InChI=1S/C20H15F3N2O2S/c21-20(22,23)14-10-11-19(24-12-14)28-13-18(26)25-16-8-4-5-9-17(16)27-15-6-2-1-3-7-15/h1-12H,13H2,(H,25,26). The van der Waals surface area contributed by atoms with Crippen LogP contribution in [-0.2, 0) is 11.0 Å². The molecule has 0 atom stereocenters. The topological polar surface area (TPSA) is 51.2 Å². The van der Waals surface area contributed by atoms with Gasteiger partial charge in [0, 0.05) is 6.20 Å². The summed E-state index contributed by atoms with van der Waals surface area (Å²) in [5.74, 6) is 0.793. The Morgan fingerprint density at radius 2 is 1.71 bits per heavy atom. The van der Waals surface area contributed by atoms with Crippen molar-refractivity contribution >= 4 is 23.4 Å². The van der Waals surface area contributed by atoms with Gasteiger partial charge in [0.15, 0.2) is 5.75 Å². The summed E-state index contributed by atoms with van der Waals surface area (Å²) in [6, 6.07) is 18.3. The molecule has 0 aliphatic carbocycles. The molecule has 1 aromatic heterocycles. The van der Waals surface area contributed by atoms with Crippen molar-refractivity contribution in [2.45, 2.75) is 11.2 Å². The SMILES string of the molecule is O=C(CSc1ccc(C(F)(F)F)cn1)Nc1ccccc1Oc1ccccc1. The third kappa shape index (κ3) is 5.50. The van der Waals surface area contributed by atoms with Crippen LogP contribution in [0.3, 0.4) is 0 Å². The quantitative estimate of drug-likeness (QED) is 0.542. The number of thioether (sulfide) groups is 1. The number of para-hydroxylation sites is 3. The number of aromatic nitrogens is 1. The average molecular weight is 404 g/mol. The first-order valence-corrected chi connectivity index (χ1v) is 9.18. The van der Waals surface area contributed by atoms with Crippen molar-refractivity contribution in [2.75, 3.05) is 11.1 Å². The highest BCUT2D eigenvalue weighted by molar-refractivity contribution is 7.99. The molecule has 1 heterocycles. The van der Waals surface area contributed by atoms with Crippen LogP contribution in [0.15, 0.2) is 78.0 Å². The van der Waals surface area contributed by atoms with E-state index in [1.807, 2.05) is 18.2 Å². The Kier molecular flexibility index (Phi) is 6.20. The lowest BCUT2D eigenvalue weighted by Gasteiger charge is -2.12. The van der Waals surface area contributed by atoms with Gasteiger partial charge < -0.3 is 10.1 Å². The molecule has 8 heteroatoms. The minimum atomic E-state index is -4.43. The zero-order valence-corrected chi connectivity index (χ0v) is 15.3. The summed E-state index contributed by atoms with van der Waals surface area (Å²) in [4.78, 5) is 16.0. The van der Waals surface area contributed by atoms with Gasteiger partial charge in [0.05, 0.1) is 22.0 Å². The van der Waals surface area contributed by atoms with Crippen LogP contribution in [0.1, 0.15) is 5.56 Å². The van der Waals surface area contributed by atoms with Gasteiger partial charge in [-0.3, -0.25) is 4.79 Å². The number of hydrogen-bond acceptors (Lipinski definition) is 4. The van der Waals surface area contributed by atoms with E-state index < -0.39 is 11.7 Å². The molecule has 144 valence electrons. The van der Waals surface area contributed by atoms with E-state index in [-0.39, 0.29) is 11.7 Å². The molecular weight excluding hydrogens is 389 g/mol. The Bertz CT molecular complexity index is 932. The number of alkyl halides is 3. The van der Waals surface area contributed by atoms with Crippen LogP contribution >= 0.6 is 11.8 Å². The second kappa shape index (κ2) is 8.79. The Morgan fingerprint density at radius 1 is 1.00 bits per heavy atom. The molecule has 0 fully saturated rings. The van der Waals surface area contributed by atoms with Gasteiger partial charge in [0.25, 0.3) is 0 Å². The first kappa shape index (κ1) is 19.8. The number of nitrogens with one attached hydrogen (secondary N) is 1. The number of ether oxygens (including phenoxy) is 1. The van der Waals surface area contributed by atoms with Crippen LogP contribution in [0, 0.1) is 0 Å². The molecule has 0 spiro atoms. The van der Waals surface area contributed by atoms with Crippen molar-refractivity contribution in [3.63, 3.8) is 0 Å². The molecule has 28 heavy (non-hydrogen) atoms. The van der Waals surface area contributed by atoms with Gasteiger partial charge in [0.1, 0.15) is 5.75 Å². The van der Waals surface area contributed by atoms with Gasteiger partial charge in [-0.15, -0.1) is 0 Å². The number of benzene rings is 2. The fraction of sp³-hybridized carbons (Fsp3) is 0.100. The van der Waals surface area contributed by atoms with E-state index in [9.17, 15) is 18.0 Å². The highest BCUT2D eigenvalue weighted by Gasteiger charge is 2.30. The average Bonchev–Trinajstić information content (AvgIpc) is 2.68. The fourth-order valence-electron chi connectivity index (χ4n) is 2.23. The van der Waals surface area contributed by atoms with Crippen LogP contribution in [0.25, 0.3) is 0 Å². The van der Waals surface area contributed by atoms with Gasteiger partial charge in [-0.1, -0.05) is 42.1 Å². The van der Waals surface area contributed by atoms with Crippen LogP contribution in [-0.4, -0.2) is 16.6 Å². The monoisotopic (exact) mass is 404 g/mol. The zero-order valence-electron chi connectivity index (χ0n) is 14.4. The molecule has 2 aromatic carbocycles. The predicted molar refractivity (Wildman–Crippen MR) is 102 cm³/mol. The van der Waals surface area contributed by atoms with E-state index in [1.165, 1.54) is 6.07 Å². The van der Waals surface area contributed by atoms with Gasteiger partial charge >= 0.3 is 6.18 Å². The Balaban J connectivity index is 1.59. The minimum absolute atomic E-state index is 0.00195. The third-order valence-corrected chi connectivity index (χ3v) is 4.49. The van der Waals surface area contributed by atoms with Gasteiger partial charge in [-0.25, -0.2) is 4.98 Å². The van der Waals surface area contributed by atoms with E-state index in [2.05, 4.69) is 10.3 Å². The highest BCUT2D eigenvalue weighted by Crippen LogP contribution is 2.31. The summed E-state index contributed by atoms with van der Waals surface area (Å²) in [6.45, 7) is 0. The molecule has 0 unspecified atom stereocenters. The molecule has 3 aromatic rings. The maximum absolute atomic E-state index is 12.5. The lowest BCUT2D eigenvalue weighted by Crippen LogP contribution is -2.14. The van der Waals surface area contributed by atoms with E-state index in [0.29, 0.717) is 22.2 Å². The summed E-state index contributed by atoms with van der Waals surface area (Å²) < 4.78 is 43.4. The normalized spacial score (nSPS) is 11.1. The molecule has 0 saturated heterocycles. The highest BCUT2D eigenvalue weighted by atomic mass is 32.2. The number of amides is 1. The lowest BCUT2D eigenvalue weighted by atomic mass is 10.3. The maximum Gasteiger partial charge on any atom is 0.417 e. The summed E-state index contributed by atoms with van der Waals surface area (Å²) in [5, 5.41) is 3.07. The van der Waals surface area contributed by atoms with Crippen LogP contribution < -0.4 is 10.1 Å². The summed E-state index contributed by atoms with van der Waals surface area (Å²) in [6.07, 6.45) is -3.68. The Morgan fingerprint density at radius 3 is 2.39 bits per heavy atom. The minimum Gasteiger partial charge on any atom is -0.455 e. The summed E-state index contributed by atoms with van der Waals surface area (Å²) in [7, 11) is 0. The van der Waals surface area contributed by atoms with E-state index >= 15 is 0 Å². The first-order valence-electron chi connectivity index (χ1n) is 8.19. The maximum atomic E-state index is 12.5. The van der Waals surface area contributed by atoms with Crippen LogP contribution in [0.4, 0.5) is 18.9 Å². The number of nitrogens with zero attached hydrogens (tertiary/aromatic N) is 1. The molecule has 0 radical (unpaired) electrons. The second-order valence-corrected chi connectivity index (χ2v) is 6.63. The molecule has 3 rings (SSSR count). The Labute approximate surface area is 163 Å². The number of rotatable bonds is 6. The summed E-state index contributed by atoms with van der Waals surface area (Å²) >= 11 is 1.05. The van der Waals surface area contributed by atoms with Crippen molar-refractivity contribution < 1.29 is 22.7 Å². The molecule has 0 aliphatic heterocycles. The Hall–Kier alpha value is -3.00. The van der Waals surface area contributed by atoms with E-state index in [1.54, 1.807) is 36.4 Å². The van der Waals surface area contributed by atoms with Crippen LogP contribution in [0.5, 0.6) is 11.5 Å². The zero-order chi connectivity index (χ0) is 20.0. The molecule has 4 nitrogen and oxygen atoms in total. The van der Waals surface area contributed by atoms with Crippen molar-refractivity contribution in [3.8, 4) is 11.5 Å². The van der Waals surface area contributed by atoms with Crippen molar-refractivity contribution in [1.82, 2.24) is 4.98 Å². The van der Waals surface area contributed by atoms with Crippen molar-refractivity contribution in [3.05, 3.63) is 78.5 Å². The largest absolute Gasteiger partial charge is 0.455 e. The van der Waals surface area contributed by atoms with E-state index in [4.69, 9.17) is 4.74 Å². The lowest BCUT2D eigenvalue weighted by molar-refractivity contribution is -0.137. The molecule has 0 bridgehead atoms. The van der Waals surface area contributed by atoms with E-state index in [0.717, 1.165) is 24.0 Å². The van der Waals surface area contributed by atoms with Crippen LogP contribution in [0.2, 0.25) is 0 Å². The van der Waals surface area contributed by atoms with Gasteiger partial charge in [-0.2, -0.15) is 13.2 Å². The summed E-state index contributed by atoms with van der Waals surface area (Å²) in [5.41, 5.74) is -0.328. The fourth-order valence-corrected chi connectivity index (χ4v) is 2.88. The molecular formula is C20H15F3N2O2S.